The fraction of sp³-hybridized carbons (Fsp3) is 0.560. The lowest BCUT2D eigenvalue weighted by Crippen LogP contribution is -2.39. The minimum atomic E-state index is 0.0889. The van der Waals surface area contributed by atoms with Crippen molar-refractivity contribution in [2.75, 3.05) is 33.2 Å². The second kappa shape index (κ2) is 9.77. The van der Waals surface area contributed by atoms with E-state index in [2.05, 4.69) is 24.0 Å². The van der Waals surface area contributed by atoms with Crippen LogP contribution in [0.15, 0.2) is 41.2 Å². The second-order valence-electron chi connectivity index (χ2n) is 9.20. The highest BCUT2D eigenvalue weighted by atomic mass is 16.2. The number of benzene rings is 1. The van der Waals surface area contributed by atoms with E-state index in [-0.39, 0.29) is 17.4 Å². The molecule has 0 radical (unpaired) electrons. The lowest BCUT2D eigenvalue weighted by Gasteiger charge is -2.24. The van der Waals surface area contributed by atoms with Gasteiger partial charge < -0.3 is 4.90 Å². The molecule has 1 fully saturated rings. The van der Waals surface area contributed by atoms with Crippen LogP contribution in [0.3, 0.4) is 0 Å². The summed E-state index contributed by atoms with van der Waals surface area (Å²) in [6.07, 6.45) is 5.17. The van der Waals surface area contributed by atoms with E-state index in [0.29, 0.717) is 19.0 Å². The Morgan fingerprint density at radius 3 is 2.81 bits per heavy atom. The normalized spacial score (nSPS) is 20.1. The maximum Gasteiger partial charge on any atom is 0.253 e. The predicted octanol–water partition coefficient (Wildman–Crippen LogP) is 3.02. The zero-order chi connectivity index (χ0) is 21.8. The molecule has 1 aromatic heterocycles. The molecule has 2 aromatic rings. The molecule has 1 aromatic carbocycles. The van der Waals surface area contributed by atoms with Crippen molar-refractivity contribution in [3.8, 4) is 0 Å². The van der Waals surface area contributed by atoms with Gasteiger partial charge in [0, 0.05) is 45.1 Å². The van der Waals surface area contributed by atoms with Crippen molar-refractivity contribution in [2.45, 2.75) is 57.4 Å². The monoisotopic (exact) mass is 422 g/mol. The largest absolute Gasteiger partial charge is 0.344 e. The Hall–Kier alpha value is -2.47. The minimum absolute atomic E-state index is 0.0889. The molecule has 2 aliphatic heterocycles. The standard InChI is InChI=1S/C25H34N4O2/c1-19(20-9-5-3-6-10-20)16-27(2)25(31)18-28-14-12-21(17-28)22-15-24(30)29-13-8-4-7-11-23(29)26-22/h3,5-6,9-10,15,19,21H,4,7-8,11-14,16-18H2,1-2H3/t19-,21-/m1/s1. The van der Waals surface area contributed by atoms with Crippen LogP contribution in [0.25, 0.3) is 0 Å². The molecule has 0 saturated carbocycles. The SMILES string of the molecule is C[C@H](CN(C)C(=O)CN1CC[C@@H](c2cc(=O)n3c(n2)CCCCC3)C1)c1ccccc1. The summed E-state index contributed by atoms with van der Waals surface area (Å²) < 4.78 is 1.86. The van der Waals surface area contributed by atoms with Gasteiger partial charge in [0.05, 0.1) is 12.2 Å². The van der Waals surface area contributed by atoms with Gasteiger partial charge in [0.25, 0.3) is 5.56 Å². The first kappa shape index (κ1) is 21.8. The highest BCUT2D eigenvalue weighted by Crippen LogP contribution is 2.26. The van der Waals surface area contributed by atoms with Gasteiger partial charge in [-0.15, -0.1) is 0 Å². The summed E-state index contributed by atoms with van der Waals surface area (Å²) in [7, 11) is 1.89. The first-order valence-electron chi connectivity index (χ1n) is 11.6. The Morgan fingerprint density at radius 2 is 2.00 bits per heavy atom. The fourth-order valence-corrected chi connectivity index (χ4v) is 4.87. The number of carbonyl (C=O) groups excluding carboxylic acids is 1. The summed E-state index contributed by atoms with van der Waals surface area (Å²) >= 11 is 0. The quantitative estimate of drug-likeness (QED) is 0.718. The van der Waals surface area contributed by atoms with Crippen molar-refractivity contribution in [3.05, 3.63) is 63.8 Å². The third-order valence-corrected chi connectivity index (χ3v) is 6.78. The predicted molar refractivity (Wildman–Crippen MR) is 122 cm³/mol. The van der Waals surface area contributed by atoms with E-state index in [1.807, 2.05) is 34.7 Å². The highest BCUT2D eigenvalue weighted by Gasteiger charge is 2.28. The third kappa shape index (κ3) is 5.24. The van der Waals surface area contributed by atoms with Crippen LogP contribution in [0, 0.1) is 0 Å². The maximum absolute atomic E-state index is 12.8. The number of rotatable bonds is 6. The summed E-state index contributed by atoms with van der Waals surface area (Å²) in [5, 5.41) is 0. The maximum atomic E-state index is 12.8. The number of carbonyl (C=O) groups is 1. The summed E-state index contributed by atoms with van der Waals surface area (Å²) in [4.78, 5) is 34.4. The molecule has 166 valence electrons. The molecular formula is C25H34N4O2. The van der Waals surface area contributed by atoms with Crippen molar-refractivity contribution < 1.29 is 4.79 Å². The number of aryl methyl sites for hydroxylation is 1. The van der Waals surface area contributed by atoms with Gasteiger partial charge in [-0.2, -0.15) is 0 Å². The molecule has 0 bridgehead atoms. The zero-order valence-electron chi connectivity index (χ0n) is 18.8. The molecule has 3 heterocycles. The van der Waals surface area contributed by atoms with Crippen molar-refractivity contribution in [3.63, 3.8) is 0 Å². The average Bonchev–Trinajstić information content (AvgIpc) is 3.10. The van der Waals surface area contributed by atoms with Crippen LogP contribution in [0.2, 0.25) is 0 Å². The lowest BCUT2D eigenvalue weighted by molar-refractivity contribution is -0.131. The number of amides is 1. The number of fused-ring (bicyclic) bond motifs is 1. The Morgan fingerprint density at radius 1 is 1.19 bits per heavy atom. The molecule has 0 N–H and O–H groups in total. The van der Waals surface area contributed by atoms with Gasteiger partial charge in [0.1, 0.15) is 5.82 Å². The fourth-order valence-electron chi connectivity index (χ4n) is 4.87. The van der Waals surface area contributed by atoms with Crippen molar-refractivity contribution in [1.29, 1.82) is 0 Å². The molecule has 0 aliphatic carbocycles. The van der Waals surface area contributed by atoms with Gasteiger partial charge in [-0.3, -0.25) is 19.1 Å². The van der Waals surface area contributed by atoms with Crippen LogP contribution >= 0.6 is 0 Å². The molecule has 1 amide bonds. The van der Waals surface area contributed by atoms with E-state index in [1.165, 1.54) is 5.56 Å². The Kier molecular flexibility index (Phi) is 6.86. The summed E-state index contributed by atoms with van der Waals surface area (Å²) in [6, 6.07) is 12.1. The van der Waals surface area contributed by atoms with Crippen LogP contribution in [-0.4, -0.2) is 58.5 Å². The number of likely N-dealkylation sites (N-methyl/N-ethyl adjacent to an activating group) is 1. The smallest absolute Gasteiger partial charge is 0.253 e. The molecule has 31 heavy (non-hydrogen) atoms. The molecule has 2 aliphatic rings. The van der Waals surface area contributed by atoms with E-state index in [4.69, 9.17) is 4.98 Å². The molecule has 2 atom stereocenters. The van der Waals surface area contributed by atoms with Gasteiger partial charge in [-0.1, -0.05) is 43.7 Å². The number of likely N-dealkylation sites (tertiary alicyclic amines) is 1. The highest BCUT2D eigenvalue weighted by molar-refractivity contribution is 5.78. The van der Waals surface area contributed by atoms with E-state index in [1.54, 1.807) is 6.07 Å². The van der Waals surface area contributed by atoms with Crippen molar-refractivity contribution in [2.24, 2.45) is 0 Å². The molecule has 6 heteroatoms. The van der Waals surface area contributed by atoms with E-state index < -0.39 is 0 Å². The topological polar surface area (TPSA) is 58.4 Å². The van der Waals surface area contributed by atoms with Crippen LogP contribution in [-0.2, 0) is 17.8 Å². The van der Waals surface area contributed by atoms with E-state index >= 15 is 0 Å². The molecule has 0 unspecified atom stereocenters. The molecule has 6 nitrogen and oxygen atoms in total. The van der Waals surface area contributed by atoms with Gasteiger partial charge in [0.15, 0.2) is 0 Å². The van der Waals surface area contributed by atoms with Crippen molar-refractivity contribution in [1.82, 2.24) is 19.4 Å². The molecular weight excluding hydrogens is 388 g/mol. The second-order valence-corrected chi connectivity index (χ2v) is 9.20. The first-order valence-corrected chi connectivity index (χ1v) is 11.6. The summed E-state index contributed by atoms with van der Waals surface area (Å²) in [5.74, 6) is 1.64. The number of hydrogen-bond donors (Lipinski definition) is 0. The van der Waals surface area contributed by atoms with Crippen LogP contribution in [0.1, 0.15) is 61.5 Å². The van der Waals surface area contributed by atoms with E-state index in [9.17, 15) is 9.59 Å². The number of hydrogen-bond acceptors (Lipinski definition) is 4. The number of aromatic nitrogens is 2. The first-order chi connectivity index (χ1) is 15.0. The van der Waals surface area contributed by atoms with Crippen LogP contribution in [0.4, 0.5) is 0 Å². The molecule has 0 spiro atoms. The van der Waals surface area contributed by atoms with Crippen LogP contribution < -0.4 is 5.56 Å². The minimum Gasteiger partial charge on any atom is -0.344 e. The third-order valence-electron chi connectivity index (χ3n) is 6.78. The van der Waals surface area contributed by atoms with Gasteiger partial charge in [-0.25, -0.2) is 4.98 Å². The summed E-state index contributed by atoms with van der Waals surface area (Å²) in [6.45, 7) is 5.76. The van der Waals surface area contributed by atoms with Gasteiger partial charge >= 0.3 is 0 Å². The molecule has 4 rings (SSSR count). The van der Waals surface area contributed by atoms with Crippen molar-refractivity contribution >= 4 is 5.91 Å². The number of nitrogens with zero attached hydrogens (tertiary/aromatic N) is 4. The summed E-state index contributed by atoms with van der Waals surface area (Å²) in [5.41, 5.74) is 2.26. The van der Waals surface area contributed by atoms with E-state index in [0.717, 1.165) is 63.3 Å². The Labute approximate surface area is 184 Å². The lowest BCUT2D eigenvalue weighted by atomic mass is 10.0. The van der Waals surface area contributed by atoms with Crippen LogP contribution in [0.5, 0.6) is 0 Å². The zero-order valence-corrected chi connectivity index (χ0v) is 18.8. The van der Waals surface area contributed by atoms with Gasteiger partial charge in [-0.05, 0) is 37.3 Å². The Balaban J connectivity index is 1.34. The van der Waals surface area contributed by atoms with Gasteiger partial charge in [0.2, 0.25) is 5.91 Å². The average molecular weight is 423 g/mol. The molecule has 1 saturated heterocycles. The Bertz CT molecular complexity index is 956.